The molecule has 0 amide bonds. The van der Waals surface area contributed by atoms with Crippen molar-refractivity contribution in [2.75, 3.05) is 6.16 Å². The average Bonchev–Trinajstić information content (AvgIpc) is 2.78. The topological polar surface area (TPSA) is 18.5 Å². The van der Waals surface area contributed by atoms with Crippen LogP contribution in [0.5, 0.6) is 0 Å². The zero-order valence-corrected chi connectivity index (χ0v) is 14.3. The zero-order chi connectivity index (χ0) is 15.6. The first-order valence-corrected chi connectivity index (χ1v) is 9.31. The molecule has 22 heavy (non-hydrogen) atoms. The molecule has 0 aliphatic carbocycles. The summed E-state index contributed by atoms with van der Waals surface area (Å²) in [5, 5.41) is 2.79. The van der Waals surface area contributed by atoms with Crippen LogP contribution in [-0.4, -0.2) is 24.2 Å². The van der Waals surface area contributed by atoms with E-state index in [1.807, 2.05) is 13.8 Å². The Labute approximate surface area is 134 Å². The summed E-state index contributed by atoms with van der Waals surface area (Å²) in [4.78, 5) is 0. The highest BCUT2D eigenvalue weighted by Gasteiger charge is 2.39. The number of benzene rings is 2. The Bertz CT molecular complexity index is 558. The van der Waals surface area contributed by atoms with E-state index in [1.54, 1.807) is 0 Å². The lowest BCUT2D eigenvalue weighted by Gasteiger charge is -2.23. The molecule has 0 radical (unpaired) electrons. The molecule has 1 heterocycles. The maximum absolute atomic E-state index is 6.13. The summed E-state index contributed by atoms with van der Waals surface area (Å²) in [6, 6.07) is 21.5. The van der Waals surface area contributed by atoms with E-state index in [2.05, 4.69) is 67.6 Å². The summed E-state index contributed by atoms with van der Waals surface area (Å²) < 4.78 is 12.1. The molecule has 3 rings (SSSR count). The molecule has 2 aromatic carbocycles. The van der Waals surface area contributed by atoms with Gasteiger partial charge in [-0.3, -0.25) is 0 Å². The van der Waals surface area contributed by atoms with Crippen LogP contribution < -0.4 is 10.6 Å². The molecule has 2 unspecified atom stereocenters. The molecule has 0 N–H and O–H groups in total. The van der Waals surface area contributed by atoms with E-state index < -0.39 is 13.7 Å². The predicted molar refractivity (Wildman–Crippen MR) is 93.4 cm³/mol. The number of hydrogen-bond acceptors (Lipinski definition) is 2. The second kappa shape index (κ2) is 6.50. The van der Waals surface area contributed by atoms with Crippen LogP contribution >= 0.6 is 7.92 Å². The Morgan fingerprint density at radius 2 is 1.36 bits per heavy atom. The van der Waals surface area contributed by atoms with Gasteiger partial charge < -0.3 is 9.47 Å². The van der Waals surface area contributed by atoms with Crippen molar-refractivity contribution in [2.45, 2.75) is 38.8 Å². The van der Waals surface area contributed by atoms with Gasteiger partial charge in [0, 0.05) is 6.16 Å². The van der Waals surface area contributed by atoms with Crippen molar-refractivity contribution in [2.24, 2.45) is 0 Å². The summed E-state index contributed by atoms with van der Waals surface area (Å²) >= 11 is 0. The Morgan fingerprint density at radius 1 is 0.864 bits per heavy atom. The first-order chi connectivity index (χ1) is 10.6. The van der Waals surface area contributed by atoms with E-state index in [4.69, 9.17) is 9.47 Å². The van der Waals surface area contributed by atoms with Gasteiger partial charge in [-0.2, -0.15) is 0 Å². The lowest BCUT2D eigenvalue weighted by atomic mass is 10.3. The average molecular weight is 314 g/mol. The Balaban J connectivity index is 1.87. The molecule has 1 saturated heterocycles. The third-order valence-electron chi connectivity index (χ3n) is 3.93. The van der Waals surface area contributed by atoms with Crippen LogP contribution in [0.2, 0.25) is 0 Å². The van der Waals surface area contributed by atoms with Gasteiger partial charge in [0.25, 0.3) is 0 Å². The van der Waals surface area contributed by atoms with Gasteiger partial charge in [0.2, 0.25) is 0 Å². The molecule has 1 aliphatic heterocycles. The normalized spacial score (nSPS) is 23.8. The fourth-order valence-corrected chi connectivity index (χ4v) is 5.47. The van der Waals surface area contributed by atoms with E-state index in [1.165, 1.54) is 10.6 Å². The molecule has 1 fully saturated rings. The molecule has 116 valence electrons. The summed E-state index contributed by atoms with van der Waals surface area (Å²) in [7, 11) is -0.435. The van der Waals surface area contributed by atoms with Crippen LogP contribution in [0.25, 0.3) is 0 Å². The van der Waals surface area contributed by atoms with Gasteiger partial charge in [-0.15, -0.1) is 0 Å². The number of rotatable bonds is 4. The van der Waals surface area contributed by atoms with Gasteiger partial charge in [-0.1, -0.05) is 60.7 Å². The molecule has 0 spiro atoms. The van der Waals surface area contributed by atoms with Crippen LogP contribution in [0.4, 0.5) is 0 Å². The predicted octanol–water partition coefficient (Wildman–Crippen LogP) is 3.66. The zero-order valence-electron chi connectivity index (χ0n) is 13.4. The minimum atomic E-state index is -0.474. The van der Waals surface area contributed by atoms with E-state index >= 15 is 0 Å². The van der Waals surface area contributed by atoms with Gasteiger partial charge in [-0.25, -0.2) is 0 Å². The molecule has 3 heteroatoms. The van der Waals surface area contributed by atoms with Crippen LogP contribution in [0.3, 0.4) is 0 Å². The van der Waals surface area contributed by atoms with Crippen molar-refractivity contribution in [1.29, 1.82) is 0 Å². The van der Waals surface area contributed by atoms with Crippen molar-refractivity contribution in [3.63, 3.8) is 0 Å². The van der Waals surface area contributed by atoms with Gasteiger partial charge in [0.15, 0.2) is 5.79 Å². The highest BCUT2D eigenvalue weighted by molar-refractivity contribution is 7.73. The minimum absolute atomic E-state index is 0.132. The monoisotopic (exact) mass is 314 g/mol. The van der Waals surface area contributed by atoms with Crippen LogP contribution in [0.15, 0.2) is 60.7 Å². The van der Waals surface area contributed by atoms with E-state index in [0.717, 1.165) is 6.16 Å². The highest BCUT2D eigenvalue weighted by atomic mass is 31.1. The third-order valence-corrected chi connectivity index (χ3v) is 6.49. The summed E-state index contributed by atoms with van der Waals surface area (Å²) in [6.07, 6.45) is 1.27. The minimum Gasteiger partial charge on any atom is -0.345 e. The van der Waals surface area contributed by atoms with Crippen LogP contribution in [0.1, 0.15) is 20.8 Å². The third kappa shape index (κ3) is 3.57. The lowest BCUT2D eigenvalue weighted by Crippen LogP contribution is -2.28. The summed E-state index contributed by atoms with van der Waals surface area (Å²) in [6.45, 7) is 6.11. The van der Waals surface area contributed by atoms with Crippen LogP contribution in [0, 0.1) is 0 Å². The van der Waals surface area contributed by atoms with Gasteiger partial charge in [-0.05, 0) is 39.3 Å². The molecule has 0 bridgehead atoms. The summed E-state index contributed by atoms with van der Waals surface area (Å²) in [5.74, 6) is -0.474. The highest BCUT2D eigenvalue weighted by Crippen LogP contribution is 2.39. The number of hydrogen-bond donors (Lipinski definition) is 0. The van der Waals surface area contributed by atoms with Crippen molar-refractivity contribution in [3.05, 3.63) is 60.7 Å². The molecule has 2 atom stereocenters. The summed E-state index contributed by atoms with van der Waals surface area (Å²) in [5.41, 5.74) is 0. The Hall–Kier alpha value is -1.21. The fraction of sp³-hybridized carbons (Fsp3) is 0.368. The first-order valence-electron chi connectivity index (χ1n) is 7.78. The SMILES string of the molecule is CC1OC(C)(C)OC1CP(c1ccccc1)c1ccccc1. The molecule has 0 aromatic heterocycles. The molecule has 2 aromatic rings. The molecule has 2 nitrogen and oxygen atoms in total. The molecular formula is C19H23O2P. The molecular weight excluding hydrogens is 291 g/mol. The van der Waals surface area contributed by atoms with Crippen molar-refractivity contribution >= 4 is 18.5 Å². The van der Waals surface area contributed by atoms with Gasteiger partial charge >= 0.3 is 0 Å². The van der Waals surface area contributed by atoms with Crippen LogP contribution in [-0.2, 0) is 9.47 Å². The maximum Gasteiger partial charge on any atom is 0.163 e. The standard InChI is InChI=1S/C19H23O2P/c1-15-18(21-19(2,3)20-15)14-22(16-10-6-4-7-11-16)17-12-8-5-9-13-17/h4-13,15,18H,14H2,1-3H3. The fourth-order valence-electron chi connectivity index (χ4n) is 2.95. The Morgan fingerprint density at radius 3 is 1.77 bits per heavy atom. The molecule has 0 saturated carbocycles. The second-order valence-electron chi connectivity index (χ2n) is 6.16. The van der Waals surface area contributed by atoms with Crippen molar-refractivity contribution < 1.29 is 9.47 Å². The van der Waals surface area contributed by atoms with Gasteiger partial charge in [0.1, 0.15) is 0 Å². The van der Waals surface area contributed by atoms with E-state index in [-0.39, 0.29) is 12.2 Å². The Kier molecular flexibility index (Phi) is 4.63. The molecule has 1 aliphatic rings. The maximum atomic E-state index is 6.13. The first kappa shape index (κ1) is 15.7. The largest absolute Gasteiger partial charge is 0.345 e. The van der Waals surface area contributed by atoms with Gasteiger partial charge in [0.05, 0.1) is 12.2 Å². The quantitative estimate of drug-likeness (QED) is 0.802. The van der Waals surface area contributed by atoms with Crippen molar-refractivity contribution in [3.8, 4) is 0 Å². The van der Waals surface area contributed by atoms with Crippen molar-refractivity contribution in [1.82, 2.24) is 0 Å². The number of ether oxygens (including phenoxy) is 2. The van der Waals surface area contributed by atoms with E-state index in [9.17, 15) is 0 Å². The lowest BCUT2D eigenvalue weighted by molar-refractivity contribution is -0.143. The second-order valence-corrected chi connectivity index (χ2v) is 8.41. The smallest absolute Gasteiger partial charge is 0.163 e. The van der Waals surface area contributed by atoms with E-state index in [0.29, 0.717) is 0 Å².